The molecule has 40 heavy (non-hydrogen) atoms. The Morgan fingerprint density at radius 1 is 1.05 bits per heavy atom. The van der Waals surface area contributed by atoms with Gasteiger partial charge in [0.1, 0.15) is 34.9 Å². The van der Waals surface area contributed by atoms with Crippen LogP contribution in [0.3, 0.4) is 0 Å². The maximum atomic E-state index is 13.0. The third-order valence-corrected chi connectivity index (χ3v) is 12.4. The molecule has 13 nitrogen and oxygen atoms in total. The largest absolute Gasteiger partial charge is 0.426 e. The highest BCUT2D eigenvalue weighted by Gasteiger charge is 2.68. The van der Waals surface area contributed by atoms with Gasteiger partial charge >= 0.3 is 11.9 Å². The van der Waals surface area contributed by atoms with Crippen molar-refractivity contribution in [3.63, 3.8) is 0 Å². The minimum Gasteiger partial charge on any atom is -0.426 e. The number of hydrogen-bond acceptors (Lipinski definition) is 11. The van der Waals surface area contributed by atoms with Crippen molar-refractivity contribution in [1.29, 1.82) is 0 Å². The van der Waals surface area contributed by atoms with Crippen LogP contribution < -0.4 is 11.1 Å². The second kappa shape index (κ2) is 9.45. The number of amides is 3. The van der Waals surface area contributed by atoms with E-state index in [0.717, 1.165) is 4.90 Å². The topological polar surface area (TPSA) is 182 Å². The number of nitrogens with two attached hydrogens (primary N) is 1. The molecule has 4 heterocycles. The van der Waals surface area contributed by atoms with Gasteiger partial charge in [-0.1, -0.05) is 30.3 Å². The second-order valence-electron chi connectivity index (χ2n) is 11.2. The Morgan fingerprint density at radius 2 is 1.65 bits per heavy atom. The van der Waals surface area contributed by atoms with Crippen molar-refractivity contribution < 1.29 is 41.9 Å². The lowest BCUT2D eigenvalue weighted by Gasteiger charge is -2.44. The molecule has 15 heteroatoms. The van der Waals surface area contributed by atoms with Crippen LogP contribution >= 0.6 is 11.8 Å². The third kappa shape index (κ3) is 4.08. The van der Waals surface area contributed by atoms with Crippen LogP contribution in [0.15, 0.2) is 30.3 Å². The van der Waals surface area contributed by atoms with Gasteiger partial charge in [-0.15, -0.1) is 11.8 Å². The summed E-state index contributed by atoms with van der Waals surface area (Å²) >= 11 is 1.31. The van der Waals surface area contributed by atoms with Crippen molar-refractivity contribution in [2.45, 2.75) is 78.5 Å². The molecule has 4 aliphatic heterocycles. The van der Waals surface area contributed by atoms with E-state index in [1.807, 2.05) is 0 Å². The van der Waals surface area contributed by atoms with Crippen molar-refractivity contribution in [3.05, 3.63) is 35.9 Å². The fraction of sp³-hybridized carbons (Fsp3) is 0.560. The smallest absolute Gasteiger partial charge is 0.333 e. The number of carbonyl (C=O) groups excluding carboxylic acids is 5. The van der Waals surface area contributed by atoms with Crippen LogP contribution in [0.4, 0.5) is 0 Å². The van der Waals surface area contributed by atoms with E-state index in [-0.39, 0.29) is 6.42 Å². The molecule has 4 saturated heterocycles. The molecule has 5 rings (SSSR count). The summed E-state index contributed by atoms with van der Waals surface area (Å²) in [5.74, 6) is -3.32. The minimum atomic E-state index is -3.80. The number of nitrogens with zero attached hydrogens (tertiary/aromatic N) is 2. The van der Waals surface area contributed by atoms with Crippen LogP contribution in [-0.4, -0.2) is 93.0 Å². The van der Waals surface area contributed by atoms with Gasteiger partial charge in [0.15, 0.2) is 9.84 Å². The lowest BCUT2D eigenvalue weighted by molar-refractivity contribution is -0.181. The lowest BCUT2D eigenvalue weighted by atomic mass is 9.95. The molecule has 0 aliphatic carbocycles. The molecule has 216 valence electrons. The van der Waals surface area contributed by atoms with Gasteiger partial charge in [-0.2, -0.15) is 0 Å². The van der Waals surface area contributed by atoms with Crippen molar-refractivity contribution >= 4 is 51.3 Å². The summed E-state index contributed by atoms with van der Waals surface area (Å²) in [5.41, 5.74) is 6.64. The molecule has 3 amide bonds. The highest BCUT2D eigenvalue weighted by molar-refractivity contribution is 8.01. The molecule has 6 atom stereocenters. The van der Waals surface area contributed by atoms with Crippen molar-refractivity contribution in [2.75, 3.05) is 6.79 Å². The summed E-state index contributed by atoms with van der Waals surface area (Å²) in [4.78, 5) is 65.9. The maximum absolute atomic E-state index is 13.0. The average molecular weight is 595 g/mol. The molecule has 4 aliphatic rings. The van der Waals surface area contributed by atoms with Crippen molar-refractivity contribution in [3.8, 4) is 0 Å². The molecule has 1 aromatic carbocycles. The van der Waals surface area contributed by atoms with Crippen LogP contribution in [0, 0.1) is 0 Å². The molecular weight excluding hydrogens is 564 g/mol. The van der Waals surface area contributed by atoms with Gasteiger partial charge < -0.3 is 30.3 Å². The fourth-order valence-electron chi connectivity index (χ4n) is 5.69. The monoisotopic (exact) mass is 594 g/mol. The molecule has 0 spiro atoms. The Balaban J connectivity index is 1.19. The van der Waals surface area contributed by atoms with Crippen LogP contribution in [-0.2, 0) is 43.3 Å². The van der Waals surface area contributed by atoms with E-state index < -0.39 is 90.7 Å². The maximum Gasteiger partial charge on any atom is 0.333 e. The first-order valence-corrected chi connectivity index (χ1v) is 15.0. The highest BCUT2D eigenvalue weighted by Crippen LogP contribution is 2.51. The number of fused-ring (bicyclic) bond motifs is 2. The SMILES string of the molecule is CC1(C)S[C@@H]2[C@H](NC(=O)[C@H](N)c3ccccc3)C(=O)N2[C@H]1C(=O)OCOC(=O)[C@@H]1N2C(=O)CC2S(=O)(=O)C1(C)C. The summed E-state index contributed by atoms with van der Waals surface area (Å²) in [7, 11) is -3.80. The van der Waals surface area contributed by atoms with Crippen LogP contribution in [0.5, 0.6) is 0 Å². The predicted molar refractivity (Wildman–Crippen MR) is 140 cm³/mol. The Bertz CT molecular complexity index is 1400. The Kier molecular flexibility index (Phi) is 6.70. The lowest BCUT2D eigenvalue weighted by Crippen LogP contribution is -2.71. The van der Waals surface area contributed by atoms with Crippen LogP contribution in [0.25, 0.3) is 0 Å². The molecule has 4 fully saturated rings. The average Bonchev–Trinajstić information content (AvgIpc) is 3.22. The number of rotatable bonds is 7. The second-order valence-corrected chi connectivity index (χ2v) is 15.6. The quantitative estimate of drug-likeness (QED) is 0.234. The fourth-order valence-corrected chi connectivity index (χ4v) is 9.44. The summed E-state index contributed by atoms with van der Waals surface area (Å²) in [5, 5.41) is 1.07. The predicted octanol–water partition coefficient (Wildman–Crippen LogP) is -0.589. The molecular formula is C25H30N4O9S2. The normalized spacial score (nSPS) is 31.3. The summed E-state index contributed by atoms with van der Waals surface area (Å²) in [6, 6.07) is 4.45. The number of sulfone groups is 1. The number of β-lactam (4-membered cyclic amide) rings is 2. The van der Waals surface area contributed by atoms with E-state index in [4.69, 9.17) is 15.2 Å². The highest BCUT2D eigenvalue weighted by atomic mass is 32.2. The number of ether oxygens (including phenoxy) is 2. The molecule has 1 unspecified atom stereocenters. The third-order valence-electron chi connectivity index (χ3n) is 8.00. The Morgan fingerprint density at radius 3 is 2.25 bits per heavy atom. The van der Waals surface area contributed by atoms with E-state index in [9.17, 15) is 32.4 Å². The summed E-state index contributed by atoms with van der Waals surface area (Å²) < 4.78 is 33.3. The first-order valence-electron chi connectivity index (χ1n) is 12.6. The number of carbonyl (C=O) groups is 5. The van der Waals surface area contributed by atoms with Crippen LogP contribution in [0.2, 0.25) is 0 Å². The Hall–Kier alpha value is -3.17. The van der Waals surface area contributed by atoms with Crippen molar-refractivity contribution in [1.82, 2.24) is 15.1 Å². The van der Waals surface area contributed by atoms with Gasteiger partial charge in [0.05, 0.1) is 11.2 Å². The Labute approximate surface area is 235 Å². The van der Waals surface area contributed by atoms with Gasteiger partial charge in [0, 0.05) is 4.75 Å². The van der Waals surface area contributed by atoms with Gasteiger partial charge in [-0.25, -0.2) is 18.0 Å². The molecule has 0 saturated carbocycles. The van der Waals surface area contributed by atoms with Gasteiger partial charge in [0.2, 0.25) is 24.5 Å². The molecule has 0 aromatic heterocycles. The standard InChI is InChI=1S/C25H30N4O9S2/c1-24(2)17(29-20(32)16(21(29)39-24)27-19(31)15(26)12-8-6-5-7-9-12)22(33)37-11-38-23(34)18-25(3,4)40(35,36)14-10-13(30)28(14)18/h5-9,14-18,21H,10-11,26H2,1-4H3,(H,27,31)/t14?,15-,16-,17+,18+,21-/m1/s1. The van der Waals surface area contributed by atoms with E-state index >= 15 is 0 Å². The zero-order chi connectivity index (χ0) is 29.4. The number of thioether (sulfide) groups is 1. The zero-order valence-electron chi connectivity index (χ0n) is 22.2. The van der Waals surface area contributed by atoms with E-state index in [1.54, 1.807) is 44.2 Å². The number of esters is 2. The molecule has 0 bridgehead atoms. The van der Waals surface area contributed by atoms with Gasteiger partial charge in [0.25, 0.3) is 0 Å². The van der Waals surface area contributed by atoms with Gasteiger partial charge in [-0.3, -0.25) is 14.4 Å². The van der Waals surface area contributed by atoms with E-state index in [2.05, 4.69) is 5.32 Å². The number of hydrogen-bond donors (Lipinski definition) is 2. The summed E-state index contributed by atoms with van der Waals surface area (Å²) in [6.45, 7) is 5.37. The number of nitrogens with one attached hydrogen (secondary N) is 1. The molecule has 3 N–H and O–H groups in total. The minimum absolute atomic E-state index is 0.191. The van der Waals surface area contributed by atoms with Gasteiger partial charge in [-0.05, 0) is 33.3 Å². The molecule has 0 radical (unpaired) electrons. The summed E-state index contributed by atoms with van der Waals surface area (Å²) in [6.07, 6.45) is -0.191. The molecule has 1 aromatic rings. The van der Waals surface area contributed by atoms with E-state index in [1.165, 1.54) is 30.5 Å². The zero-order valence-corrected chi connectivity index (χ0v) is 23.9. The number of benzene rings is 1. The first kappa shape index (κ1) is 28.4. The van der Waals surface area contributed by atoms with Crippen LogP contribution in [0.1, 0.15) is 45.7 Å². The van der Waals surface area contributed by atoms with E-state index in [0.29, 0.717) is 5.56 Å². The first-order chi connectivity index (χ1) is 18.6. The van der Waals surface area contributed by atoms with Crippen molar-refractivity contribution in [2.24, 2.45) is 5.73 Å².